The van der Waals surface area contributed by atoms with E-state index in [1.165, 1.54) is 51.1 Å². The lowest BCUT2D eigenvalue weighted by Crippen LogP contribution is -2.57. The first-order chi connectivity index (χ1) is 19.1. The van der Waals surface area contributed by atoms with E-state index in [0.29, 0.717) is 22.4 Å². The summed E-state index contributed by atoms with van der Waals surface area (Å²) < 4.78 is 44.2. The van der Waals surface area contributed by atoms with Gasteiger partial charge in [0.15, 0.2) is 6.10 Å². The molecule has 1 saturated heterocycles. The van der Waals surface area contributed by atoms with Crippen LogP contribution in [0.3, 0.4) is 0 Å². The minimum absolute atomic E-state index is 0.0772. The Morgan fingerprint density at radius 2 is 1.83 bits per heavy atom. The predicted octanol–water partition coefficient (Wildman–Crippen LogP) is 3.64. The maximum atomic E-state index is 15.1. The van der Waals surface area contributed by atoms with E-state index in [0.717, 1.165) is 12.5 Å². The summed E-state index contributed by atoms with van der Waals surface area (Å²) in [6, 6.07) is 5.32. The zero-order valence-electron chi connectivity index (χ0n) is 23.9. The summed E-state index contributed by atoms with van der Waals surface area (Å²) in [5.74, 6) is -6.85. The van der Waals surface area contributed by atoms with Crippen molar-refractivity contribution in [2.24, 2.45) is 5.41 Å². The Balaban J connectivity index is 1.97. The summed E-state index contributed by atoms with van der Waals surface area (Å²) >= 11 is 0. The van der Waals surface area contributed by atoms with Crippen LogP contribution in [0.25, 0.3) is 0 Å². The Kier molecular flexibility index (Phi) is 9.73. The number of aliphatic hydroxyl groups excluding tert-OH is 1. The number of carbonyl (C=O) groups is 3. The van der Waals surface area contributed by atoms with Crippen LogP contribution in [-0.2, 0) is 16.0 Å². The highest BCUT2D eigenvalue weighted by atomic mass is 19.3. The number of carbonyl (C=O) groups excluding carboxylic acids is 3. The van der Waals surface area contributed by atoms with Gasteiger partial charge in [0, 0.05) is 17.7 Å². The van der Waals surface area contributed by atoms with E-state index in [9.17, 15) is 29.0 Å². The number of phenolic OH excluding ortho intramolecular Hbond substituents is 1. The number of halogens is 3. The minimum atomic E-state index is -3.45. The van der Waals surface area contributed by atoms with Crippen molar-refractivity contribution in [1.29, 1.82) is 0 Å². The van der Waals surface area contributed by atoms with Gasteiger partial charge in [-0.05, 0) is 62.1 Å². The van der Waals surface area contributed by atoms with Crippen molar-refractivity contribution in [1.82, 2.24) is 15.5 Å². The number of hydrogen-bond donors (Lipinski definition) is 4. The second-order valence-corrected chi connectivity index (χ2v) is 11.3. The van der Waals surface area contributed by atoms with Crippen LogP contribution in [0.1, 0.15) is 60.7 Å². The Bertz CT molecular complexity index is 1300. The molecule has 0 unspecified atom stereocenters. The van der Waals surface area contributed by atoms with Crippen LogP contribution in [0.2, 0.25) is 0 Å². The van der Waals surface area contributed by atoms with Crippen molar-refractivity contribution in [2.45, 2.75) is 78.0 Å². The molecule has 1 aliphatic heterocycles. The normalized spacial score (nSPS) is 19.0. The van der Waals surface area contributed by atoms with Gasteiger partial charge in [0.25, 0.3) is 17.7 Å². The molecule has 2 aromatic carbocycles. The van der Waals surface area contributed by atoms with Crippen LogP contribution in [0.15, 0.2) is 36.4 Å². The number of nitrogens with one attached hydrogen (secondary N) is 2. The molecule has 11 heteroatoms. The molecule has 0 saturated carbocycles. The zero-order chi connectivity index (χ0) is 30.7. The number of aryl methyl sites for hydroxylation is 1. The molecule has 3 rings (SSSR count). The molecule has 3 amide bonds. The third-order valence-corrected chi connectivity index (χ3v) is 7.73. The first-order valence-corrected chi connectivity index (χ1v) is 13.6. The van der Waals surface area contributed by atoms with E-state index in [1.54, 1.807) is 6.92 Å². The molecule has 224 valence electrons. The summed E-state index contributed by atoms with van der Waals surface area (Å²) in [5, 5.41) is 26.6. The van der Waals surface area contributed by atoms with Gasteiger partial charge in [-0.25, -0.2) is 13.2 Å². The molecule has 0 spiro atoms. The molecule has 0 radical (unpaired) electrons. The van der Waals surface area contributed by atoms with E-state index in [1.807, 2.05) is 6.92 Å². The van der Waals surface area contributed by atoms with Crippen LogP contribution < -0.4 is 10.6 Å². The molecule has 0 aromatic heterocycles. The molecule has 0 bridgehead atoms. The SMILES string of the molecule is CCCCNC(=O)[C@H]1N(C(=O)[C@@H](O)[C@H](Cc2cccc(F)c2)NC(=O)c2cc(C)cc(O)c2C)CC(F)(F)C1(C)C. The van der Waals surface area contributed by atoms with E-state index in [4.69, 9.17) is 0 Å². The quantitative estimate of drug-likeness (QED) is 0.322. The average molecular weight is 578 g/mol. The molecular formula is C30H38F3N3O5. The Morgan fingerprint density at radius 1 is 1.15 bits per heavy atom. The standard InChI is InChI=1S/C30H38F3N3O5/c1-6-7-11-34-27(40)25-29(4,5)30(32,33)16-36(25)28(41)24(38)22(15-19-9-8-10-20(31)14-19)35-26(39)21-12-17(2)13-23(37)18(21)3/h8-10,12-14,22,24-25,37-38H,6-7,11,15-16H2,1-5H3,(H,34,40)(H,35,39)/t22-,24-,25+/m0/s1. The first kappa shape index (κ1) is 31.9. The fraction of sp³-hybridized carbons (Fsp3) is 0.500. The summed E-state index contributed by atoms with van der Waals surface area (Å²) in [6.07, 6.45) is -0.919. The van der Waals surface area contributed by atoms with Crippen LogP contribution in [0, 0.1) is 25.1 Å². The molecule has 4 N–H and O–H groups in total. The summed E-state index contributed by atoms with van der Waals surface area (Å²) in [6.45, 7) is 6.60. The Hall–Kier alpha value is -3.60. The number of amides is 3. The number of benzene rings is 2. The molecule has 0 aliphatic carbocycles. The largest absolute Gasteiger partial charge is 0.508 e. The summed E-state index contributed by atoms with van der Waals surface area (Å²) in [7, 11) is 0. The number of hydrogen-bond acceptors (Lipinski definition) is 5. The summed E-state index contributed by atoms with van der Waals surface area (Å²) in [5.41, 5.74) is -0.714. The van der Waals surface area contributed by atoms with Gasteiger partial charge < -0.3 is 25.7 Å². The molecular weight excluding hydrogens is 539 g/mol. The molecule has 1 aliphatic rings. The fourth-order valence-electron chi connectivity index (χ4n) is 5.08. The molecule has 2 aromatic rings. The maximum Gasteiger partial charge on any atom is 0.272 e. The molecule has 8 nitrogen and oxygen atoms in total. The van der Waals surface area contributed by atoms with E-state index < -0.39 is 59.6 Å². The van der Waals surface area contributed by atoms with E-state index in [2.05, 4.69) is 10.6 Å². The maximum absolute atomic E-state index is 15.1. The van der Waals surface area contributed by atoms with Crippen molar-refractivity contribution in [3.63, 3.8) is 0 Å². The van der Waals surface area contributed by atoms with Crippen molar-refractivity contribution in [3.8, 4) is 5.75 Å². The number of alkyl halides is 2. The Morgan fingerprint density at radius 3 is 2.46 bits per heavy atom. The molecule has 1 heterocycles. The minimum Gasteiger partial charge on any atom is -0.508 e. The number of nitrogens with zero attached hydrogens (tertiary/aromatic N) is 1. The van der Waals surface area contributed by atoms with Crippen LogP contribution in [-0.4, -0.2) is 70.0 Å². The third-order valence-electron chi connectivity index (χ3n) is 7.73. The van der Waals surface area contributed by atoms with Crippen molar-refractivity contribution < 1.29 is 37.8 Å². The van der Waals surface area contributed by atoms with Gasteiger partial charge in [-0.1, -0.05) is 39.3 Å². The zero-order valence-corrected chi connectivity index (χ0v) is 23.9. The van der Waals surface area contributed by atoms with Gasteiger partial charge >= 0.3 is 0 Å². The van der Waals surface area contributed by atoms with Crippen LogP contribution in [0.5, 0.6) is 5.75 Å². The third kappa shape index (κ3) is 6.83. The topological polar surface area (TPSA) is 119 Å². The highest BCUT2D eigenvalue weighted by molar-refractivity contribution is 5.97. The number of likely N-dealkylation sites (tertiary alicyclic amines) is 1. The number of unbranched alkanes of at least 4 members (excludes halogenated alkanes) is 1. The second kappa shape index (κ2) is 12.5. The van der Waals surface area contributed by atoms with E-state index in [-0.39, 0.29) is 29.8 Å². The van der Waals surface area contributed by atoms with Crippen LogP contribution in [0.4, 0.5) is 13.2 Å². The molecule has 1 fully saturated rings. The Labute approximate surface area is 237 Å². The van der Waals surface area contributed by atoms with Crippen LogP contribution >= 0.6 is 0 Å². The molecule has 3 atom stereocenters. The van der Waals surface area contributed by atoms with Gasteiger partial charge in [0.2, 0.25) is 5.91 Å². The average Bonchev–Trinajstić information content (AvgIpc) is 3.08. The summed E-state index contributed by atoms with van der Waals surface area (Å²) in [4.78, 5) is 40.7. The highest BCUT2D eigenvalue weighted by Gasteiger charge is 2.64. The van der Waals surface area contributed by atoms with Crippen molar-refractivity contribution in [2.75, 3.05) is 13.1 Å². The lowest BCUT2D eigenvalue weighted by atomic mass is 9.81. The fourth-order valence-corrected chi connectivity index (χ4v) is 5.08. The van der Waals surface area contributed by atoms with E-state index >= 15 is 8.78 Å². The number of phenols is 1. The van der Waals surface area contributed by atoms with Crippen molar-refractivity contribution in [3.05, 3.63) is 64.5 Å². The first-order valence-electron chi connectivity index (χ1n) is 13.6. The number of aromatic hydroxyl groups is 1. The van der Waals surface area contributed by atoms with Gasteiger partial charge in [-0.2, -0.15) is 0 Å². The van der Waals surface area contributed by atoms with Gasteiger partial charge in [0.05, 0.1) is 18.0 Å². The lowest BCUT2D eigenvalue weighted by molar-refractivity contribution is -0.148. The van der Waals surface area contributed by atoms with Gasteiger partial charge in [0.1, 0.15) is 17.6 Å². The lowest BCUT2D eigenvalue weighted by Gasteiger charge is -2.34. The monoisotopic (exact) mass is 577 g/mol. The predicted molar refractivity (Wildman–Crippen MR) is 147 cm³/mol. The van der Waals surface area contributed by atoms with Gasteiger partial charge in [-0.3, -0.25) is 14.4 Å². The van der Waals surface area contributed by atoms with Crippen molar-refractivity contribution >= 4 is 17.7 Å². The number of aliphatic hydroxyl groups is 1. The second-order valence-electron chi connectivity index (χ2n) is 11.3. The molecule has 41 heavy (non-hydrogen) atoms. The number of rotatable bonds is 10. The highest BCUT2D eigenvalue weighted by Crippen LogP contribution is 2.48. The smallest absolute Gasteiger partial charge is 0.272 e. The van der Waals surface area contributed by atoms with Gasteiger partial charge in [-0.15, -0.1) is 0 Å².